The zero-order valence-corrected chi connectivity index (χ0v) is 29.6. The number of alkyl halides is 3. The van der Waals surface area contributed by atoms with Gasteiger partial charge >= 0.3 is 11.9 Å². The van der Waals surface area contributed by atoms with E-state index in [1.807, 2.05) is 12.1 Å². The summed E-state index contributed by atoms with van der Waals surface area (Å²) in [6, 6.07) is 12.0. The van der Waals surface area contributed by atoms with Crippen LogP contribution in [0, 0.1) is 0 Å². The van der Waals surface area contributed by atoms with Gasteiger partial charge < -0.3 is 25.3 Å². The first-order valence-electron chi connectivity index (χ1n) is 16.2. The summed E-state index contributed by atoms with van der Waals surface area (Å²) in [5.41, 5.74) is 8.18. The molecule has 52 heavy (non-hydrogen) atoms. The number of nitrogens with two attached hydrogens (primary N) is 1. The summed E-state index contributed by atoms with van der Waals surface area (Å²) in [6.45, 7) is 1.06. The standard InChI is InChI=1S/C35H32Cl2F3N7O5/c1-46-30-26(32(48)47(2)34(46)49)29(44-33(45-30)35(38,39)40)42-23-9-5-7-19(28(23)37)18-6-4-8-20(27(18)36)24-13-16-12-17(14-21(16)31(43-24)50-3)52-25-15-51-11-10-22(25)41/h4-9,13,17,22,25H,10-12,14-15,41H2,1-3H3,(H,42,44,45)/t17?,22-,25+/m1/s1. The molecule has 5 aromatic rings. The minimum Gasteiger partial charge on any atom is -0.481 e. The van der Waals surface area contributed by atoms with E-state index < -0.39 is 34.7 Å². The van der Waals surface area contributed by atoms with Gasteiger partial charge in [0.2, 0.25) is 11.7 Å². The number of anilines is 2. The number of hydrogen-bond donors (Lipinski definition) is 2. The molecule has 2 aromatic carbocycles. The Bertz CT molecular complexity index is 2350. The van der Waals surface area contributed by atoms with E-state index in [1.54, 1.807) is 31.4 Å². The van der Waals surface area contributed by atoms with E-state index >= 15 is 0 Å². The topological polar surface area (TPSA) is 148 Å². The summed E-state index contributed by atoms with van der Waals surface area (Å²) in [5, 5.41) is 2.84. The lowest BCUT2D eigenvalue weighted by Gasteiger charge is -2.30. The third-order valence-corrected chi connectivity index (χ3v) is 10.2. The lowest BCUT2D eigenvalue weighted by Crippen LogP contribution is -2.46. The molecule has 0 spiro atoms. The molecule has 3 atom stereocenters. The molecule has 2 aliphatic rings. The van der Waals surface area contributed by atoms with Crippen LogP contribution in [-0.2, 0) is 42.6 Å². The SMILES string of the molecule is COc1nc(-c2cccc(-c3cccc(Nc4nc(C(F)(F)F)nc5c4c(=O)n(C)c(=O)n5C)c3Cl)c2Cl)cc2c1CC(O[C@H]1COCC[C@H]1N)C2. The van der Waals surface area contributed by atoms with Crippen LogP contribution >= 0.6 is 23.2 Å². The number of ether oxygens (including phenoxy) is 3. The number of pyridine rings is 1. The van der Waals surface area contributed by atoms with Gasteiger partial charge in [-0.25, -0.2) is 19.7 Å². The first kappa shape index (κ1) is 35.8. The van der Waals surface area contributed by atoms with Gasteiger partial charge in [-0.05, 0) is 30.5 Å². The highest BCUT2D eigenvalue weighted by molar-refractivity contribution is 6.39. The van der Waals surface area contributed by atoms with E-state index in [-0.39, 0.29) is 34.3 Å². The van der Waals surface area contributed by atoms with Crippen molar-refractivity contribution in [3.63, 3.8) is 0 Å². The second-order valence-corrected chi connectivity index (χ2v) is 13.4. The molecule has 0 radical (unpaired) electrons. The molecule has 1 fully saturated rings. The van der Waals surface area contributed by atoms with E-state index in [1.165, 1.54) is 20.2 Å². The molecule has 1 saturated heterocycles. The number of halogens is 5. The number of methoxy groups -OCH3 is 1. The molecule has 1 unspecified atom stereocenters. The maximum Gasteiger partial charge on any atom is 0.451 e. The van der Waals surface area contributed by atoms with Crippen molar-refractivity contribution in [3.8, 4) is 28.3 Å². The van der Waals surface area contributed by atoms with Gasteiger partial charge in [0.15, 0.2) is 5.65 Å². The zero-order valence-electron chi connectivity index (χ0n) is 28.1. The predicted molar refractivity (Wildman–Crippen MR) is 189 cm³/mol. The maximum absolute atomic E-state index is 13.9. The summed E-state index contributed by atoms with van der Waals surface area (Å²) >= 11 is 14.0. The molecule has 1 aliphatic heterocycles. The van der Waals surface area contributed by atoms with E-state index in [0.717, 1.165) is 26.7 Å². The fourth-order valence-electron chi connectivity index (χ4n) is 6.64. The minimum atomic E-state index is -4.98. The fourth-order valence-corrected chi connectivity index (χ4v) is 7.24. The normalized spacial score (nSPS) is 18.8. The Labute approximate surface area is 304 Å². The van der Waals surface area contributed by atoms with Crippen LogP contribution < -0.4 is 27.0 Å². The van der Waals surface area contributed by atoms with Gasteiger partial charge in [0.1, 0.15) is 11.2 Å². The van der Waals surface area contributed by atoms with Crippen molar-refractivity contribution in [2.75, 3.05) is 25.6 Å². The maximum atomic E-state index is 13.9. The molecular formula is C35H32Cl2F3N7O5. The molecule has 0 bridgehead atoms. The Morgan fingerprint density at radius 3 is 2.40 bits per heavy atom. The van der Waals surface area contributed by atoms with Crippen molar-refractivity contribution in [1.82, 2.24) is 24.1 Å². The van der Waals surface area contributed by atoms with Crippen LogP contribution in [0.15, 0.2) is 52.1 Å². The monoisotopic (exact) mass is 757 g/mol. The van der Waals surface area contributed by atoms with Crippen LogP contribution in [0.5, 0.6) is 5.88 Å². The number of aryl methyl sites for hydroxylation is 1. The molecule has 12 nitrogen and oxygen atoms in total. The average molecular weight is 759 g/mol. The molecule has 1 aliphatic carbocycles. The van der Waals surface area contributed by atoms with Crippen molar-refractivity contribution >= 4 is 45.7 Å². The number of nitrogens with zero attached hydrogens (tertiary/aromatic N) is 5. The Morgan fingerprint density at radius 1 is 0.981 bits per heavy atom. The minimum absolute atomic E-state index is 0.0768. The highest BCUT2D eigenvalue weighted by Crippen LogP contribution is 2.43. The van der Waals surface area contributed by atoms with Gasteiger partial charge in [-0.1, -0.05) is 53.5 Å². The third-order valence-electron chi connectivity index (χ3n) is 9.34. The summed E-state index contributed by atoms with van der Waals surface area (Å²) in [6.07, 6.45) is -3.36. The summed E-state index contributed by atoms with van der Waals surface area (Å²) < 4.78 is 60.9. The van der Waals surface area contributed by atoms with E-state index in [4.69, 9.17) is 48.1 Å². The van der Waals surface area contributed by atoms with E-state index in [0.29, 0.717) is 59.3 Å². The molecule has 272 valence electrons. The number of hydrogen-bond acceptors (Lipinski definition) is 10. The summed E-state index contributed by atoms with van der Waals surface area (Å²) in [4.78, 5) is 37.6. The summed E-state index contributed by atoms with van der Waals surface area (Å²) in [5.74, 6) is -1.58. The van der Waals surface area contributed by atoms with Crippen molar-refractivity contribution in [3.05, 3.63) is 90.3 Å². The highest BCUT2D eigenvalue weighted by atomic mass is 35.5. The van der Waals surface area contributed by atoms with Gasteiger partial charge in [0.05, 0.1) is 47.4 Å². The average Bonchev–Trinajstić information content (AvgIpc) is 3.53. The smallest absolute Gasteiger partial charge is 0.451 e. The van der Waals surface area contributed by atoms with Crippen LogP contribution in [0.25, 0.3) is 33.4 Å². The third kappa shape index (κ3) is 6.40. The number of benzene rings is 2. The number of fused-ring (bicyclic) bond motifs is 2. The van der Waals surface area contributed by atoms with Gasteiger partial charge in [0.25, 0.3) is 5.56 Å². The fraction of sp³-hybridized carbons (Fsp3) is 0.343. The van der Waals surface area contributed by atoms with Gasteiger partial charge in [0, 0.05) is 55.4 Å². The zero-order chi connectivity index (χ0) is 37.1. The molecule has 7 rings (SSSR count). The first-order chi connectivity index (χ1) is 24.8. The van der Waals surface area contributed by atoms with Crippen molar-refractivity contribution < 1.29 is 27.4 Å². The molecule has 3 aromatic heterocycles. The molecule has 3 N–H and O–H groups in total. The molecule has 17 heteroatoms. The Kier molecular flexibility index (Phi) is 9.50. The van der Waals surface area contributed by atoms with E-state index in [9.17, 15) is 22.8 Å². The van der Waals surface area contributed by atoms with Crippen LogP contribution in [-0.4, -0.2) is 62.7 Å². The Hall–Kier alpha value is -4.54. The van der Waals surface area contributed by atoms with Crippen LogP contribution in [0.1, 0.15) is 23.4 Å². The molecule has 4 heterocycles. The molecule has 0 saturated carbocycles. The second kappa shape index (κ2) is 13.8. The quantitative estimate of drug-likeness (QED) is 0.220. The highest BCUT2D eigenvalue weighted by Gasteiger charge is 2.37. The number of aromatic nitrogens is 5. The molecule has 0 amide bonds. The first-order valence-corrected chi connectivity index (χ1v) is 17.0. The van der Waals surface area contributed by atoms with Gasteiger partial charge in [-0.2, -0.15) is 13.2 Å². The summed E-state index contributed by atoms with van der Waals surface area (Å²) in [7, 11) is 3.97. The predicted octanol–water partition coefficient (Wildman–Crippen LogP) is 5.43. The lowest BCUT2D eigenvalue weighted by molar-refractivity contribution is -0.144. The van der Waals surface area contributed by atoms with Gasteiger partial charge in [-0.3, -0.25) is 13.9 Å². The second-order valence-electron chi connectivity index (χ2n) is 12.6. The van der Waals surface area contributed by atoms with Crippen LogP contribution in [0.4, 0.5) is 24.7 Å². The van der Waals surface area contributed by atoms with E-state index in [2.05, 4.69) is 15.3 Å². The van der Waals surface area contributed by atoms with Crippen LogP contribution in [0.3, 0.4) is 0 Å². The number of rotatable bonds is 7. The van der Waals surface area contributed by atoms with Crippen molar-refractivity contribution in [1.29, 1.82) is 0 Å². The Morgan fingerprint density at radius 2 is 1.69 bits per heavy atom. The van der Waals surface area contributed by atoms with Crippen molar-refractivity contribution in [2.45, 2.75) is 43.7 Å². The van der Waals surface area contributed by atoms with Crippen molar-refractivity contribution in [2.24, 2.45) is 19.8 Å². The number of nitrogens with one attached hydrogen (secondary N) is 1. The lowest BCUT2D eigenvalue weighted by atomic mass is 9.99. The van der Waals surface area contributed by atoms with Gasteiger partial charge in [-0.15, -0.1) is 0 Å². The molecular weight excluding hydrogens is 726 g/mol. The largest absolute Gasteiger partial charge is 0.481 e. The van der Waals surface area contributed by atoms with Crippen LogP contribution in [0.2, 0.25) is 10.0 Å². The Balaban J connectivity index is 1.25.